The van der Waals surface area contributed by atoms with Crippen LogP contribution in [0, 0.1) is 0 Å². The summed E-state index contributed by atoms with van der Waals surface area (Å²) in [5.41, 5.74) is 44.9. The van der Waals surface area contributed by atoms with Gasteiger partial charge in [0.15, 0.2) is 0 Å². The van der Waals surface area contributed by atoms with Gasteiger partial charge >= 0.3 is 0 Å². The van der Waals surface area contributed by atoms with E-state index in [2.05, 4.69) is 63.8 Å². The van der Waals surface area contributed by atoms with Crippen LogP contribution >= 0.6 is 0 Å². The first kappa shape index (κ1) is 106. The Hall–Kier alpha value is -6.92. The summed E-state index contributed by atoms with van der Waals surface area (Å²) >= 11 is 0. The molecule has 38 nitrogen and oxygen atoms in total. The van der Waals surface area contributed by atoms with E-state index in [1.165, 1.54) is 0 Å². The molecule has 0 aliphatic rings. The Kier molecular flexibility index (Phi) is 71.7. The first-order chi connectivity index (χ1) is 54.7. The average molecular weight is 1610 g/mol. The molecule has 0 aromatic rings. The highest BCUT2D eigenvalue weighted by molar-refractivity contribution is 5.80. The Morgan fingerprint density at radius 2 is 0.239 bits per heavy atom. The van der Waals surface area contributed by atoms with Gasteiger partial charge in [-0.3, -0.25) is 57.5 Å². The molecule has 12 amide bonds. The quantitative estimate of drug-likeness (QED) is 0.0252. The lowest BCUT2D eigenvalue weighted by molar-refractivity contribution is -0.123. The lowest BCUT2D eigenvalue weighted by Crippen LogP contribution is -2.39. The number of rotatable bonds is 80. The summed E-state index contributed by atoms with van der Waals surface area (Å²) < 4.78 is 0. The number of amides is 12. The van der Waals surface area contributed by atoms with Crippen molar-refractivity contribution in [2.75, 3.05) is 249 Å². The molecule has 0 fully saturated rings. The van der Waals surface area contributed by atoms with Gasteiger partial charge in [-0.05, 0) is 175 Å². The lowest BCUT2D eigenvalue weighted by atomic mass is 10.2. The van der Waals surface area contributed by atoms with Gasteiger partial charge in [0.25, 0.3) is 0 Å². The Morgan fingerprint density at radius 3 is 0.345 bits per heavy atom. The summed E-state index contributed by atoms with van der Waals surface area (Å²) in [7, 11) is 0. The minimum absolute atomic E-state index is 0.104. The standard InChI is InChI=1S/C75H154N26O12/c76-26-1-34-84-64(102)14-52-96(53-15-65(103)85-35-2-27-77)46-9-42-92-72(110)22-60-100(61-23-73(111)93-43-10-47-97(54-16-66(104)86-36-3-28-78)55-17-67(105)87-37-4-29-79)50-13-51-101(62-24-74(112)94-44-11-48-98(56-18-68(106)88-38-5-30-80)57-19-69(107)89-39-6-31-81)63-25-75(113)95-45-12-49-99(58-20-70(108)90-40-7-32-82)59-21-71(109)91-41-8-33-83/h1-63,76-83H2,(H,84,102)(H,85,103)(H,86,104)(H,87,105)(H,88,106)(H,89,107)(H,90,108)(H,91,109)(H,92,110)(H,93,111)(H,94,112)(H,95,113). The number of nitrogens with zero attached hydrogens (tertiary/aromatic N) is 6. The van der Waals surface area contributed by atoms with E-state index in [4.69, 9.17) is 45.9 Å². The third kappa shape index (κ3) is 69.1. The fraction of sp³-hybridized carbons (Fsp3) is 0.840. The molecule has 0 bridgehead atoms. The van der Waals surface area contributed by atoms with E-state index < -0.39 is 0 Å². The van der Waals surface area contributed by atoms with Crippen LogP contribution in [-0.2, 0) is 57.5 Å². The third-order valence-electron chi connectivity index (χ3n) is 18.3. The molecule has 0 aromatic carbocycles. The van der Waals surface area contributed by atoms with Crippen molar-refractivity contribution in [1.82, 2.24) is 93.2 Å². The molecular weight excluding hydrogens is 1460 g/mol. The van der Waals surface area contributed by atoms with Crippen LogP contribution < -0.4 is 110 Å². The van der Waals surface area contributed by atoms with Crippen molar-refractivity contribution >= 4 is 70.9 Å². The van der Waals surface area contributed by atoms with E-state index >= 15 is 0 Å². The first-order valence-electron chi connectivity index (χ1n) is 41.9. The molecule has 0 spiro atoms. The van der Waals surface area contributed by atoms with Crippen molar-refractivity contribution < 1.29 is 57.5 Å². The summed E-state index contributed by atoms with van der Waals surface area (Å²) in [5, 5.41) is 35.1. The summed E-state index contributed by atoms with van der Waals surface area (Å²) in [6.07, 6.45) is 10.1. The summed E-state index contributed by atoms with van der Waals surface area (Å²) in [6.45, 7) is 16.1. The molecule has 113 heavy (non-hydrogen) atoms. The summed E-state index contributed by atoms with van der Waals surface area (Å²) in [6, 6.07) is 0. The highest BCUT2D eigenvalue weighted by atomic mass is 16.2. The van der Waals surface area contributed by atoms with Crippen molar-refractivity contribution in [3.8, 4) is 0 Å². The first-order valence-corrected chi connectivity index (χ1v) is 41.9. The molecule has 0 saturated carbocycles. The van der Waals surface area contributed by atoms with Gasteiger partial charge in [0, 0.05) is 234 Å². The van der Waals surface area contributed by atoms with E-state index in [-0.39, 0.29) is 148 Å². The molecule has 0 rings (SSSR count). The molecule has 0 aliphatic heterocycles. The van der Waals surface area contributed by atoms with Crippen molar-refractivity contribution in [1.29, 1.82) is 0 Å². The fourth-order valence-electron chi connectivity index (χ4n) is 11.5. The van der Waals surface area contributed by atoms with E-state index in [0.29, 0.717) is 332 Å². The van der Waals surface area contributed by atoms with Gasteiger partial charge in [-0.25, -0.2) is 0 Å². The molecule has 28 N–H and O–H groups in total. The second kappa shape index (κ2) is 76.4. The van der Waals surface area contributed by atoms with Crippen molar-refractivity contribution in [2.24, 2.45) is 45.9 Å². The average Bonchev–Trinajstić information content (AvgIpc) is 0.923. The molecule has 0 saturated heterocycles. The Labute approximate surface area is 674 Å². The third-order valence-corrected chi connectivity index (χ3v) is 18.3. The van der Waals surface area contributed by atoms with Crippen LogP contribution in [0.3, 0.4) is 0 Å². The molecule has 0 unspecified atom stereocenters. The SMILES string of the molecule is NCCCNC(=O)CCN(CCCNC(=O)CCN(CCCN(CCC(=O)NCCCN(CCC(=O)NCCCN)CCC(=O)NCCCN)CCC(=O)NCCCN(CCC(=O)NCCCN)CCC(=O)NCCCN)CCC(=O)NCCCN(CCC(=O)NCCCN)CCC(=O)NCCCN)CCC(=O)NCCCN. The molecule has 0 aliphatic carbocycles. The molecule has 0 heterocycles. The van der Waals surface area contributed by atoms with E-state index in [1.54, 1.807) is 0 Å². The highest BCUT2D eigenvalue weighted by Crippen LogP contribution is 2.07. The van der Waals surface area contributed by atoms with E-state index in [1.807, 2.05) is 29.4 Å². The van der Waals surface area contributed by atoms with E-state index in [0.717, 1.165) is 0 Å². The maximum atomic E-state index is 13.7. The molecule has 0 atom stereocenters. The lowest BCUT2D eigenvalue weighted by Gasteiger charge is -2.26. The fourth-order valence-corrected chi connectivity index (χ4v) is 11.5. The van der Waals surface area contributed by atoms with Crippen molar-refractivity contribution in [3.05, 3.63) is 0 Å². The van der Waals surface area contributed by atoms with Crippen LogP contribution in [0.4, 0.5) is 0 Å². The summed E-state index contributed by atoms with van der Waals surface area (Å²) in [4.78, 5) is 168. The predicted molar refractivity (Wildman–Crippen MR) is 443 cm³/mol. The summed E-state index contributed by atoms with van der Waals surface area (Å²) in [5.74, 6) is -1.80. The Balaban J connectivity index is 6.71. The normalized spacial score (nSPS) is 11.3. The maximum absolute atomic E-state index is 13.7. The van der Waals surface area contributed by atoms with Crippen LogP contribution in [0.2, 0.25) is 0 Å². The van der Waals surface area contributed by atoms with Gasteiger partial charge in [0.05, 0.1) is 0 Å². The number of nitrogens with one attached hydrogen (secondary N) is 12. The monoisotopic (exact) mass is 1610 g/mol. The van der Waals surface area contributed by atoms with Crippen molar-refractivity contribution in [2.45, 2.75) is 161 Å². The highest BCUT2D eigenvalue weighted by Gasteiger charge is 2.20. The van der Waals surface area contributed by atoms with Crippen molar-refractivity contribution in [3.63, 3.8) is 0 Å². The second-order valence-corrected chi connectivity index (χ2v) is 28.2. The minimum Gasteiger partial charge on any atom is -0.356 e. The molecule has 656 valence electrons. The second-order valence-electron chi connectivity index (χ2n) is 28.2. The zero-order valence-electron chi connectivity index (χ0n) is 68.7. The van der Waals surface area contributed by atoms with E-state index in [9.17, 15) is 57.5 Å². The zero-order chi connectivity index (χ0) is 83.4. The molecule has 0 aromatic heterocycles. The number of nitrogens with two attached hydrogens (primary N) is 8. The topological polar surface area (TPSA) is 577 Å². The predicted octanol–water partition coefficient (Wildman–Crippen LogP) is -6.39. The maximum Gasteiger partial charge on any atom is 0.221 e. The number of carbonyl (C=O) groups is 12. The van der Waals surface area contributed by atoms with Gasteiger partial charge < -0.3 is 139 Å². The van der Waals surface area contributed by atoms with Gasteiger partial charge in [-0.1, -0.05) is 0 Å². The Bertz CT molecular complexity index is 2090. The molecule has 38 heteroatoms. The van der Waals surface area contributed by atoms with Crippen LogP contribution in [0.25, 0.3) is 0 Å². The number of hydrogen-bond donors (Lipinski definition) is 20. The minimum atomic E-state index is -0.208. The number of hydrogen-bond acceptors (Lipinski definition) is 26. The van der Waals surface area contributed by atoms with Crippen LogP contribution in [0.1, 0.15) is 161 Å². The number of carbonyl (C=O) groups excluding carboxylic acids is 12. The van der Waals surface area contributed by atoms with Gasteiger partial charge in [0.1, 0.15) is 0 Å². The van der Waals surface area contributed by atoms with Crippen LogP contribution in [0.15, 0.2) is 0 Å². The van der Waals surface area contributed by atoms with Gasteiger partial charge in [0.2, 0.25) is 70.9 Å². The molecule has 0 radical (unpaired) electrons. The van der Waals surface area contributed by atoms with Gasteiger partial charge in [-0.2, -0.15) is 0 Å². The van der Waals surface area contributed by atoms with Crippen LogP contribution in [0.5, 0.6) is 0 Å². The van der Waals surface area contributed by atoms with Crippen LogP contribution in [-0.4, -0.2) is 349 Å². The van der Waals surface area contributed by atoms with Gasteiger partial charge in [-0.15, -0.1) is 0 Å². The smallest absolute Gasteiger partial charge is 0.221 e. The largest absolute Gasteiger partial charge is 0.356 e. The zero-order valence-corrected chi connectivity index (χ0v) is 68.7. The molecular formula is C75H154N26O12. The Morgan fingerprint density at radius 1 is 0.142 bits per heavy atom.